The quantitative estimate of drug-likeness (QED) is 0.259. The van der Waals surface area contributed by atoms with Crippen LogP contribution in [0.2, 0.25) is 0 Å². The number of amides is 1. The van der Waals surface area contributed by atoms with Gasteiger partial charge in [-0.2, -0.15) is 13.2 Å². The highest BCUT2D eigenvalue weighted by Crippen LogP contribution is 2.34. The van der Waals surface area contributed by atoms with Gasteiger partial charge in [0, 0.05) is 61.8 Å². The standard InChI is InChI=1S/C27H26F4N6O/c28-23-12-17(20-11-18-5-6-33-26(18)35-14-20)2-4-24(23)34-15-25(38)36-21-3-1-19(22(13-21)27(29,30)31)16-37-9-7-32-8-10-37/h1-6,11-14,32,34H,7-10,15-16H2,(H,33,35)(H,36,38). The normalized spacial score (nSPS) is 14.5. The summed E-state index contributed by atoms with van der Waals surface area (Å²) in [7, 11) is 0. The van der Waals surface area contributed by atoms with E-state index in [1.807, 2.05) is 17.0 Å². The fourth-order valence-corrected chi connectivity index (χ4v) is 4.48. The number of fused-ring (bicyclic) bond motifs is 1. The fourth-order valence-electron chi connectivity index (χ4n) is 4.48. The van der Waals surface area contributed by atoms with Gasteiger partial charge >= 0.3 is 6.18 Å². The van der Waals surface area contributed by atoms with Gasteiger partial charge in [0.1, 0.15) is 11.5 Å². The van der Waals surface area contributed by atoms with Crippen molar-refractivity contribution in [1.82, 2.24) is 20.2 Å². The molecule has 0 atom stereocenters. The fraction of sp³-hybridized carbons (Fsp3) is 0.259. The van der Waals surface area contributed by atoms with Crippen molar-refractivity contribution >= 4 is 28.3 Å². The Bertz CT molecular complexity index is 1450. The van der Waals surface area contributed by atoms with Crippen molar-refractivity contribution in [1.29, 1.82) is 0 Å². The van der Waals surface area contributed by atoms with Crippen LogP contribution >= 0.6 is 0 Å². The number of hydrogen-bond donors (Lipinski definition) is 4. The first kappa shape index (κ1) is 25.7. The van der Waals surface area contributed by atoms with Gasteiger partial charge in [0.2, 0.25) is 5.91 Å². The number of hydrogen-bond acceptors (Lipinski definition) is 5. The molecule has 0 saturated carbocycles. The van der Waals surface area contributed by atoms with Gasteiger partial charge < -0.3 is 20.9 Å². The van der Waals surface area contributed by atoms with Gasteiger partial charge in [0.05, 0.1) is 17.8 Å². The lowest BCUT2D eigenvalue weighted by Gasteiger charge is -2.28. The maximum Gasteiger partial charge on any atom is 0.416 e. The number of carbonyl (C=O) groups excluding carboxylic acids is 1. The summed E-state index contributed by atoms with van der Waals surface area (Å²) in [5.74, 6) is -1.17. The number of halogens is 4. The molecule has 2 aromatic carbocycles. The number of aromatic amines is 1. The van der Waals surface area contributed by atoms with Crippen molar-refractivity contribution in [3.05, 3.63) is 77.9 Å². The second-order valence-corrected chi connectivity index (χ2v) is 9.13. The van der Waals surface area contributed by atoms with Crippen LogP contribution in [0.4, 0.5) is 28.9 Å². The molecule has 1 fully saturated rings. The van der Waals surface area contributed by atoms with Crippen molar-refractivity contribution in [3.63, 3.8) is 0 Å². The highest BCUT2D eigenvalue weighted by molar-refractivity contribution is 5.94. The number of piperazine rings is 1. The number of H-pyrrole nitrogens is 1. The molecule has 7 nitrogen and oxygen atoms in total. The number of carbonyl (C=O) groups is 1. The minimum Gasteiger partial charge on any atom is -0.374 e. The van der Waals surface area contributed by atoms with Crippen LogP contribution in [-0.4, -0.2) is 53.5 Å². The molecule has 198 valence electrons. The molecule has 1 saturated heterocycles. The third kappa shape index (κ3) is 5.95. The van der Waals surface area contributed by atoms with Crippen LogP contribution in [-0.2, 0) is 17.5 Å². The largest absolute Gasteiger partial charge is 0.416 e. The number of rotatable bonds is 7. The topological polar surface area (TPSA) is 85.1 Å². The average Bonchev–Trinajstić information content (AvgIpc) is 3.37. The first-order valence-electron chi connectivity index (χ1n) is 12.2. The molecule has 0 unspecified atom stereocenters. The number of aromatic nitrogens is 2. The molecule has 0 bridgehead atoms. The number of anilines is 2. The molecular formula is C27H26F4N6O. The Labute approximate surface area is 216 Å². The van der Waals surface area contributed by atoms with Crippen LogP contribution in [0.3, 0.4) is 0 Å². The van der Waals surface area contributed by atoms with E-state index < -0.39 is 23.5 Å². The van der Waals surface area contributed by atoms with Crippen LogP contribution in [0, 0.1) is 5.82 Å². The van der Waals surface area contributed by atoms with Crippen LogP contribution < -0.4 is 16.0 Å². The molecule has 4 aromatic rings. The van der Waals surface area contributed by atoms with Gasteiger partial charge in [0.25, 0.3) is 0 Å². The van der Waals surface area contributed by atoms with Crippen molar-refractivity contribution in [2.75, 3.05) is 43.4 Å². The smallest absolute Gasteiger partial charge is 0.374 e. The van der Waals surface area contributed by atoms with E-state index in [1.54, 1.807) is 18.5 Å². The van der Waals surface area contributed by atoms with Crippen LogP contribution in [0.5, 0.6) is 0 Å². The number of nitrogens with one attached hydrogen (secondary N) is 4. The van der Waals surface area contributed by atoms with E-state index in [1.165, 1.54) is 24.3 Å². The summed E-state index contributed by atoms with van der Waals surface area (Å²) in [6.45, 7) is 2.64. The van der Waals surface area contributed by atoms with Crippen molar-refractivity contribution in [2.45, 2.75) is 12.7 Å². The number of benzene rings is 2. The Hall–Kier alpha value is -3.96. The molecule has 0 radical (unpaired) electrons. The van der Waals surface area contributed by atoms with Crippen LogP contribution in [0.15, 0.2) is 60.9 Å². The molecule has 4 N–H and O–H groups in total. The van der Waals surface area contributed by atoms with Gasteiger partial charge in [-0.25, -0.2) is 9.37 Å². The number of pyridine rings is 1. The summed E-state index contributed by atoms with van der Waals surface area (Å²) in [5, 5.41) is 9.24. The van der Waals surface area contributed by atoms with Gasteiger partial charge in [0.15, 0.2) is 0 Å². The van der Waals surface area contributed by atoms with E-state index in [0.29, 0.717) is 18.7 Å². The Balaban J connectivity index is 1.22. The Morgan fingerprint density at radius 1 is 1.03 bits per heavy atom. The third-order valence-electron chi connectivity index (χ3n) is 6.44. The zero-order valence-electron chi connectivity index (χ0n) is 20.3. The summed E-state index contributed by atoms with van der Waals surface area (Å²) in [6.07, 6.45) is -1.15. The Morgan fingerprint density at radius 3 is 2.61 bits per heavy atom. The maximum absolute atomic E-state index is 14.7. The minimum atomic E-state index is -4.56. The third-order valence-corrected chi connectivity index (χ3v) is 6.44. The van der Waals surface area contributed by atoms with E-state index in [9.17, 15) is 22.4 Å². The lowest BCUT2D eigenvalue weighted by Crippen LogP contribution is -2.43. The predicted octanol–water partition coefficient (Wildman–Crippen LogP) is 4.84. The van der Waals surface area contributed by atoms with E-state index in [0.717, 1.165) is 35.8 Å². The molecule has 1 aliphatic rings. The molecule has 38 heavy (non-hydrogen) atoms. The molecule has 11 heteroatoms. The molecule has 5 rings (SSSR count). The van der Waals surface area contributed by atoms with E-state index in [-0.39, 0.29) is 30.0 Å². The summed E-state index contributed by atoms with van der Waals surface area (Å²) < 4.78 is 56.0. The number of nitrogens with zero attached hydrogens (tertiary/aromatic N) is 2. The molecule has 1 amide bonds. The molecule has 3 heterocycles. The van der Waals surface area contributed by atoms with Crippen LogP contribution in [0.1, 0.15) is 11.1 Å². The molecule has 2 aromatic heterocycles. The summed E-state index contributed by atoms with van der Waals surface area (Å²) >= 11 is 0. The molecule has 0 aliphatic carbocycles. The van der Waals surface area contributed by atoms with E-state index >= 15 is 0 Å². The number of alkyl halides is 3. The lowest BCUT2D eigenvalue weighted by molar-refractivity contribution is -0.138. The van der Waals surface area contributed by atoms with E-state index in [2.05, 4.69) is 25.9 Å². The first-order chi connectivity index (χ1) is 18.3. The predicted molar refractivity (Wildman–Crippen MR) is 138 cm³/mol. The molecular weight excluding hydrogens is 500 g/mol. The second-order valence-electron chi connectivity index (χ2n) is 9.13. The van der Waals surface area contributed by atoms with Gasteiger partial charge in [-0.05, 0) is 47.5 Å². The maximum atomic E-state index is 14.7. The highest BCUT2D eigenvalue weighted by Gasteiger charge is 2.34. The SMILES string of the molecule is O=C(CNc1ccc(-c2cnc3[nH]ccc3c2)cc1F)Nc1ccc(CN2CCNCC2)c(C(F)(F)F)c1. The van der Waals surface area contributed by atoms with Crippen molar-refractivity contribution in [3.8, 4) is 11.1 Å². The Morgan fingerprint density at radius 2 is 1.84 bits per heavy atom. The minimum absolute atomic E-state index is 0.0247. The molecule has 0 spiro atoms. The monoisotopic (exact) mass is 526 g/mol. The summed E-state index contributed by atoms with van der Waals surface area (Å²) in [5.41, 5.74) is 1.59. The summed E-state index contributed by atoms with van der Waals surface area (Å²) in [4.78, 5) is 21.7. The van der Waals surface area contributed by atoms with E-state index in [4.69, 9.17) is 0 Å². The Kier molecular flexibility index (Phi) is 7.30. The molecule has 1 aliphatic heterocycles. The highest BCUT2D eigenvalue weighted by atomic mass is 19.4. The average molecular weight is 527 g/mol. The lowest BCUT2D eigenvalue weighted by atomic mass is 10.0. The van der Waals surface area contributed by atoms with Gasteiger partial charge in [-0.15, -0.1) is 0 Å². The zero-order valence-corrected chi connectivity index (χ0v) is 20.3. The van der Waals surface area contributed by atoms with Gasteiger partial charge in [-0.1, -0.05) is 12.1 Å². The second kappa shape index (κ2) is 10.8. The first-order valence-corrected chi connectivity index (χ1v) is 12.2. The summed E-state index contributed by atoms with van der Waals surface area (Å²) in [6, 6.07) is 12.1. The van der Waals surface area contributed by atoms with Gasteiger partial charge in [-0.3, -0.25) is 9.69 Å². The van der Waals surface area contributed by atoms with Crippen molar-refractivity contribution in [2.24, 2.45) is 0 Å². The van der Waals surface area contributed by atoms with Crippen molar-refractivity contribution < 1.29 is 22.4 Å². The van der Waals surface area contributed by atoms with Crippen LogP contribution in [0.25, 0.3) is 22.2 Å². The zero-order chi connectivity index (χ0) is 26.7.